The minimum Gasteiger partial charge on any atom is -0.382 e. The lowest BCUT2D eigenvalue weighted by molar-refractivity contribution is 0.312. The number of azo groups is 1. The quantitative estimate of drug-likeness (QED) is 0.846. The van der Waals surface area contributed by atoms with Crippen LogP contribution in [-0.4, -0.2) is 48.3 Å². The summed E-state index contributed by atoms with van der Waals surface area (Å²) in [6.07, 6.45) is 0. The van der Waals surface area contributed by atoms with E-state index in [1.807, 2.05) is 30.3 Å². The molecule has 1 fully saturated rings. The average molecular weight is 285 g/mol. The molecule has 7 nitrogen and oxygen atoms in total. The van der Waals surface area contributed by atoms with Gasteiger partial charge in [-0.15, -0.1) is 5.11 Å². The minimum atomic E-state index is 0.448. The molecule has 0 spiro atoms. The lowest BCUT2D eigenvalue weighted by Gasteiger charge is -2.32. The van der Waals surface area contributed by atoms with Gasteiger partial charge in [-0.05, 0) is 19.2 Å². The largest absolute Gasteiger partial charge is 0.382 e. The molecule has 1 aromatic heterocycles. The van der Waals surface area contributed by atoms with E-state index >= 15 is 0 Å². The van der Waals surface area contributed by atoms with Crippen LogP contribution in [0.5, 0.6) is 0 Å². The Hall–Kier alpha value is -2.41. The molecule has 0 amide bonds. The second-order valence-corrected chi connectivity index (χ2v) is 5.14. The molecule has 110 valence electrons. The van der Waals surface area contributed by atoms with E-state index in [1.165, 1.54) is 0 Å². The van der Waals surface area contributed by atoms with Crippen molar-refractivity contribution in [1.29, 1.82) is 0 Å². The maximum absolute atomic E-state index is 5.93. The number of anilines is 2. The number of rotatable bonds is 3. The van der Waals surface area contributed by atoms with Gasteiger partial charge >= 0.3 is 0 Å². The molecule has 7 heteroatoms. The summed E-state index contributed by atoms with van der Waals surface area (Å²) in [4.78, 5) is 4.48. The van der Waals surface area contributed by atoms with E-state index in [0.29, 0.717) is 11.5 Å². The highest BCUT2D eigenvalue weighted by Gasteiger charge is 2.21. The topological polar surface area (TPSA) is 85.9 Å². The van der Waals surface area contributed by atoms with Crippen molar-refractivity contribution in [3.05, 3.63) is 30.3 Å². The Bertz CT molecular complexity index is 612. The summed E-state index contributed by atoms with van der Waals surface area (Å²) in [5.41, 5.74) is 7.34. The highest BCUT2D eigenvalue weighted by atomic mass is 15.3. The fourth-order valence-corrected chi connectivity index (χ4v) is 2.28. The lowest BCUT2D eigenvalue weighted by atomic mass is 10.3. The van der Waals surface area contributed by atoms with Crippen LogP contribution in [0.2, 0.25) is 0 Å². The zero-order valence-electron chi connectivity index (χ0n) is 12.0. The molecule has 3 rings (SSSR count). The molecule has 0 bridgehead atoms. The first-order chi connectivity index (χ1) is 10.2. The molecule has 2 aromatic rings. The van der Waals surface area contributed by atoms with Crippen molar-refractivity contribution in [2.75, 3.05) is 43.9 Å². The summed E-state index contributed by atoms with van der Waals surface area (Å²) in [5.74, 6) is 1.23. The number of aromatic amines is 1. The summed E-state index contributed by atoms with van der Waals surface area (Å²) in [7, 11) is 2.12. The Labute approximate surface area is 123 Å². The van der Waals surface area contributed by atoms with Gasteiger partial charge in [-0.2, -0.15) is 10.2 Å². The van der Waals surface area contributed by atoms with Gasteiger partial charge in [-0.25, -0.2) is 0 Å². The molecule has 3 N–H and O–H groups in total. The smallest absolute Gasteiger partial charge is 0.180 e. The predicted molar refractivity (Wildman–Crippen MR) is 83.3 cm³/mol. The summed E-state index contributed by atoms with van der Waals surface area (Å²) >= 11 is 0. The molecule has 1 aromatic carbocycles. The Morgan fingerprint density at radius 1 is 1.10 bits per heavy atom. The zero-order chi connectivity index (χ0) is 14.7. The Morgan fingerprint density at radius 2 is 1.81 bits per heavy atom. The van der Waals surface area contributed by atoms with Crippen LogP contribution in [0.4, 0.5) is 23.0 Å². The highest BCUT2D eigenvalue weighted by Crippen LogP contribution is 2.33. The molecular weight excluding hydrogens is 266 g/mol. The van der Waals surface area contributed by atoms with Crippen LogP contribution in [0.1, 0.15) is 0 Å². The number of likely N-dealkylation sites (N-methyl/N-ethyl adjacent to an activating group) is 1. The van der Waals surface area contributed by atoms with Gasteiger partial charge < -0.3 is 15.5 Å². The SMILES string of the molecule is CN1CCN(c2n[nH]c(N)c2N=Nc2ccccc2)CC1. The number of hydrogen-bond donors (Lipinski definition) is 2. The molecule has 0 saturated carbocycles. The lowest BCUT2D eigenvalue weighted by Crippen LogP contribution is -2.44. The maximum Gasteiger partial charge on any atom is 0.180 e. The molecule has 1 aliphatic rings. The second kappa shape index (κ2) is 5.92. The van der Waals surface area contributed by atoms with Crippen molar-refractivity contribution < 1.29 is 0 Å². The third-order valence-corrected chi connectivity index (χ3v) is 3.57. The Morgan fingerprint density at radius 3 is 2.52 bits per heavy atom. The molecule has 0 aliphatic carbocycles. The Kier molecular flexibility index (Phi) is 3.83. The number of H-pyrrole nitrogens is 1. The van der Waals surface area contributed by atoms with Crippen molar-refractivity contribution >= 4 is 23.0 Å². The summed E-state index contributed by atoms with van der Waals surface area (Å²) in [6.45, 7) is 3.83. The van der Waals surface area contributed by atoms with E-state index in [0.717, 1.165) is 37.7 Å². The van der Waals surface area contributed by atoms with Crippen molar-refractivity contribution in [3.63, 3.8) is 0 Å². The van der Waals surface area contributed by atoms with Gasteiger partial charge in [0.25, 0.3) is 0 Å². The van der Waals surface area contributed by atoms with Gasteiger partial charge in [-0.1, -0.05) is 18.2 Å². The number of aromatic nitrogens is 2. The van der Waals surface area contributed by atoms with E-state index in [9.17, 15) is 0 Å². The van der Waals surface area contributed by atoms with Gasteiger partial charge in [-0.3, -0.25) is 5.10 Å². The van der Waals surface area contributed by atoms with Crippen molar-refractivity contribution in [2.24, 2.45) is 10.2 Å². The summed E-state index contributed by atoms with van der Waals surface area (Å²) in [5, 5.41) is 15.6. The number of nitrogens with two attached hydrogens (primary N) is 1. The van der Waals surface area contributed by atoms with Crippen molar-refractivity contribution in [1.82, 2.24) is 15.1 Å². The van der Waals surface area contributed by atoms with Crippen LogP contribution in [0, 0.1) is 0 Å². The van der Waals surface area contributed by atoms with E-state index in [-0.39, 0.29) is 0 Å². The Balaban J connectivity index is 1.82. The number of nitrogen functional groups attached to an aromatic ring is 1. The molecule has 0 unspecified atom stereocenters. The highest BCUT2D eigenvalue weighted by molar-refractivity contribution is 5.73. The zero-order valence-corrected chi connectivity index (χ0v) is 12.0. The van der Waals surface area contributed by atoms with Gasteiger partial charge in [0.2, 0.25) is 0 Å². The minimum absolute atomic E-state index is 0.448. The van der Waals surface area contributed by atoms with Crippen molar-refractivity contribution in [3.8, 4) is 0 Å². The normalized spacial score (nSPS) is 16.7. The number of benzene rings is 1. The first kappa shape index (κ1) is 13.6. The van der Waals surface area contributed by atoms with Gasteiger partial charge in [0.1, 0.15) is 5.82 Å². The standard InChI is InChI=1S/C14H19N7/c1-20-7-9-21(10-8-20)14-12(13(15)18-19-14)17-16-11-5-3-2-4-6-11/h2-6H,7-10H2,1H3,(H3,15,18,19). The van der Waals surface area contributed by atoms with Crippen LogP contribution >= 0.6 is 0 Å². The third kappa shape index (κ3) is 3.03. The maximum atomic E-state index is 5.93. The molecule has 0 radical (unpaired) electrons. The van der Waals surface area contributed by atoms with E-state index in [1.54, 1.807) is 0 Å². The average Bonchev–Trinajstić information content (AvgIpc) is 2.88. The molecule has 21 heavy (non-hydrogen) atoms. The molecule has 2 heterocycles. The third-order valence-electron chi connectivity index (χ3n) is 3.57. The van der Waals surface area contributed by atoms with Gasteiger partial charge in [0.15, 0.2) is 11.5 Å². The van der Waals surface area contributed by atoms with Crippen LogP contribution in [0.3, 0.4) is 0 Å². The van der Waals surface area contributed by atoms with Crippen LogP contribution in [0.25, 0.3) is 0 Å². The van der Waals surface area contributed by atoms with E-state index < -0.39 is 0 Å². The fourth-order valence-electron chi connectivity index (χ4n) is 2.28. The summed E-state index contributed by atoms with van der Waals surface area (Å²) in [6, 6.07) is 9.59. The number of nitrogens with zero attached hydrogens (tertiary/aromatic N) is 5. The fraction of sp³-hybridized carbons (Fsp3) is 0.357. The van der Waals surface area contributed by atoms with Crippen LogP contribution < -0.4 is 10.6 Å². The van der Waals surface area contributed by atoms with E-state index in [2.05, 4.69) is 37.3 Å². The second-order valence-electron chi connectivity index (χ2n) is 5.14. The number of piperazine rings is 1. The summed E-state index contributed by atoms with van der Waals surface area (Å²) < 4.78 is 0. The number of nitrogens with one attached hydrogen (secondary N) is 1. The molecule has 0 atom stereocenters. The first-order valence-electron chi connectivity index (χ1n) is 6.98. The van der Waals surface area contributed by atoms with Crippen molar-refractivity contribution in [2.45, 2.75) is 0 Å². The van der Waals surface area contributed by atoms with Crippen LogP contribution in [-0.2, 0) is 0 Å². The first-order valence-corrected chi connectivity index (χ1v) is 6.98. The molecular formula is C14H19N7. The number of hydrogen-bond acceptors (Lipinski definition) is 6. The monoisotopic (exact) mass is 285 g/mol. The van der Waals surface area contributed by atoms with E-state index in [4.69, 9.17) is 5.73 Å². The van der Waals surface area contributed by atoms with Crippen LogP contribution in [0.15, 0.2) is 40.6 Å². The predicted octanol–water partition coefficient (Wildman–Crippen LogP) is 2.16. The van der Waals surface area contributed by atoms with Gasteiger partial charge in [0, 0.05) is 26.2 Å². The molecule has 1 saturated heterocycles. The molecule has 1 aliphatic heterocycles. The van der Waals surface area contributed by atoms with Gasteiger partial charge in [0.05, 0.1) is 5.69 Å².